The lowest BCUT2D eigenvalue weighted by molar-refractivity contribution is 0.102. The van der Waals surface area contributed by atoms with Crippen LogP contribution in [0, 0.1) is 6.92 Å². The standard InChI is InChI=1S/C14H12BrClN2O3S/c1-8-6-10(15)3-5-12(8)18-14(19)9-2-4-11(16)13(7-9)22(17,20)21/h2-7H,1H3,(H,18,19)(H2,17,20,21). The number of anilines is 1. The van der Waals surface area contributed by atoms with Crippen molar-refractivity contribution in [1.82, 2.24) is 0 Å². The van der Waals surface area contributed by atoms with Gasteiger partial charge in [0.2, 0.25) is 10.0 Å². The third-order valence-electron chi connectivity index (χ3n) is 2.94. The normalized spacial score (nSPS) is 11.3. The zero-order valence-electron chi connectivity index (χ0n) is 11.4. The third-order valence-corrected chi connectivity index (χ3v) is 4.82. The molecular weight excluding hydrogens is 392 g/mol. The largest absolute Gasteiger partial charge is 0.322 e. The van der Waals surface area contributed by atoms with Gasteiger partial charge in [0.1, 0.15) is 4.90 Å². The molecule has 3 N–H and O–H groups in total. The van der Waals surface area contributed by atoms with Gasteiger partial charge in [-0.2, -0.15) is 0 Å². The smallest absolute Gasteiger partial charge is 0.255 e. The summed E-state index contributed by atoms with van der Waals surface area (Å²) in [6.07, 6.45) is 0. The van der Waals surface area contributed by atoms with Crippen molar-refractivity contribution in [2.45, 2.75) is 11.8 Å². The van der Waals surface area contributed by atoms with Crippen LogP contribution in [-0.2, 0) is 10.0 Å². The minimum Gasteiger partial charge on any atom is -0.322 e. The Morgan fingerprint density at radius 1 is 1.23 bits per heavy atom. The van der Waals surface area contributed by atoms with Crippen LogP contribution >= 0.6 is 27.5 Å². The van der Waals surface area contributed by atoms with Crippen LogP contribution in [0.5, 0.6) is 0 Å². The lowest BCUT2D eigenvalue weighted by atomic mass is 10.1. The summed E-state index contributed by atoms with van der Waals surface area (Å²) in [6, 6.07) is 9.30. The van der Waals surface area contributed by atoms with E-state index in [1.807, 2.05) is 13.0 Å². The molecule has 0 aliphatic carbocycles. The monoisotopic (exact) mass is 402 g/mol. The highest BCUT2D eigenvalue weighted by molar-refractivity contribution is 9.10. The van der Waals surface area contributed by atoms with Crippen LogP contribution in [0.4, 0.5) is 5.69 Å². The Kier molecular flexibility index (Phi) is 4.91. The topological polar surface area (TPSA) is 89.3 Å². The molecule has 0 bridgehead atoms. The average molecular weight is 404 g/mol. The van der Waals surface area contributed by atoms with Crippen molar-refractivity contribution in [3.8, 4) is 0 Å². The SMILES string of the molecule is Cc1cc(Br)ccc1NC(=O)c1ccc(Cl)c(S(N)(=O)=O)c1. The molecule has 22 heavy (non-hydrogen) atoms. The van der Waals surface area contributed by atoms with Gasteiger partial charge in [-0.1, -0.05) is 27.5 Å². The van der Waals surface area contributed by atoms with Crippen LogP contribution < -0.4 is 10.5 Å². The number of nitrogens with two attached hydrogens (primary N) is 1. The van der Waals surface area contributed by atoms with E-state index in [0.717, 1.165) is 16.1 Å². The summed E-state index contributed by atoms with van der Waals surface area (Å²) < 4.78 is 23.8. The van der Waals surface area contributed by atoms with E-state index < -0.39 is 15.9 Å². The van der Waals surface area contributed by atoms with Crippen molar-refractivity contribution in [3.05, 3.63) is 57.0 Å². The van der Waals surface area contributed by atoms with Crippen LogP contribution in [0.25, 0.3) is 0 Å². The number of aryl methyl sites for hydroxylation is 1. The van der Waals surface area contributed by atoms with Gasteiger partial charge >= 0.3 is 0 Å². The predicted molar refractivity (Wildman–Crippen MR) is 89.7 cm³/mol. The van der Waals surface area contributed by atoms with Gasteiger partial charge in [0, 0.05) is 15.7 Å². The lowest BCUT2D eigenvalue weighted by Gasteiger charge is -2.10. The van der Waals surface area contributed by atoms with E-state index in [1.165, 1.54) is 12.1 Å². The number of carbonyl (C=O) groups is 1. The van der Waals surface area contributed by atoms with Gasteiger partial charge < -0.3 is 5.32 Å². The number of primary sulfonamides is 1. The van der Waals surface area contributed by atoms with Crippen molar-refractivity contribution in [3.63, 3.8) is 0 Å². The van der Waals surface area contributed by atoms with Crippen LogP contribution in [0.2, 0.25) is 5.02 Å². The first kappa shape index (κ1) is 17.0. The highest BCUT2D eigenvalue weighted by atomic mass is 79.9. The maximum Gasteiger partial charge on any atom is 0.255 e. The van der Waals surface area contributed by atoms with Crippen molar-refractivity contribution in [2.24, 2.45) is 5.14 Å². The molecule has 0 unspecified atom stereocenters. The highest BCUT2D eigenvalue weighted by Gasteiger charge is 2.16. The second kappa shape index (κ2) is 6.37. The molecule has 0 aromatic heterocycles. The predicted octanol–water partition coefficient (Wildman–Crippen LogP) is 3.31. The number of sulfonamides is 1. The maximum absolute atomic E-state index is 12.2. The van der Waals surface area contributed by atoms with Crippen LogP contribution in [-0.4, -0.2) is 14.3 Å². The molecule has 5 nitrogen and oxygen atoms in total. The molecule has 0 atom stereocenters. The maximum atomic E-state index is 12.2. The fourth-order valence-electron chi connectivity index (χ4n) is 1.82. The first-order chi connectivity index (χ1) is 10.2. The van der Waals surface area contributed by atoms with Gasteiger partial charge in [-0.3, -0.25) is 4.79 Å². The molecule has 116 valence electrons. The molecule has 8 heteroatoms. The molecule has 2 aromatic rings. The molecule has 0 fully saturated rings. The average Bonchev–Trinajstić information content (AvgIpc) is 2.41. The van der Waals surface area contributed by atoms with Gasteiger partial charge in [-0.05, 0) is 48.9 Å². The van der Waals surface area contributed by atoms with Crippen molar-refractivity contribution in [2.75, 3.05) is 5.32 Å². The van der Waals surface area contributed by atoms with Gasteiger partial charge in [-0.15, -0.1) is 0 Å². The van der Waals surface area contributed by atoms with E-state index in [-0.39, 0.29) is 15.5 Å². The number of hydrogen-bond donors (Lipinski definition) is 2. The Bertz CT molecular complexity index is 853. The summed E-state index contributed by atoms with van der Waals surface area (Å²) in [4.78, 5) is 12.0. The number of amides is 1. The molecule has 0 spiro atoms. The van der Waals surface area contributed by atoms with Crippen LogP contribution in [0.3, 0.4) is 0 Å². The third kappa shape index (κ3) is 3.86. The summed E-state index contributed by atoms with van der Waals surface area (Å²) in [5.74, 6) is -0.452. The Hall–Kier alpha value is -1.41. The second-order valence-corrected chi connectivity index (χ2v) is 7.46. The first-order valence-electron chi connectivity index (χ1n) is 6.08. The van der Waals surface area contributed by atoms with Crippen LogP contribution in [0.15, 0.2) is 45.8 Å². The molecular formula is C14H12BrClN2O3S. The molecule has 0 saturated heterocycles. The fraction of sp³-hybridized carbons (Fsp3) is 0.0714. The summed E-state index contributed by atoms with van der Waals surface area (Å²) >= 11 is 9.13. The fourth-order valence-corrected chi connectivity index (χ4v) is 3.37. The van der Waals surface area contributed by atoms with E-state index in [4.69, 9.17) is 16.7 Å². The summed E-state index contributed by atoms with van der Waals surface area (Å²) in [5.41, 5.74) is 1.64. The molecule has 0 aliphatic rings. The van der Waals surface area contributed by atoms with Crippen molar-refractivity contribution < 1.29 is 13.2 Å². The highest BCUT2D eigenvalue weighted by Crippen LogP contribution is 2.24. The Balaban J connectivity index is 2.34. The minimum atomic E-state index is -3.99. The number of nitrogens with one attached hydrogen (secondary N) is 1. The molecule has 2 aromatic carbocycles. The van der Waals surface area contributed by atoms with E-state index in [0.29, 0.717) is 5.69 Å². The molecule has 1 amide bonds. The second-order valence-electron chi connectivity index (χ2n) is 4.60. The number of rotatable bonds is 3. The van der Waals surface area contributed by atoms with E-state index >= 15 is 0 Å². The summed E-state index contributed by atoms with van der Waals surface area (Å²) in [6.45, 7) is 1.85. The molecule has 0 saturated carbocycles. The van der Waals surface area contributed by atoms with Gasteiger partial charge in [0.15, 0.2) is 0 Å². The summed E-state index contributed by atoms with van der Waals surface area (Å²) in [5, 5.41) is 7.76. The van der Waals surface area contributed by atoms with Gasteiger partial charge in [0.25, 0.3) is 5.91 Å². The quantitative estimate of drug-likeness (QED) is 0.824. The zero-order chi connectivity index (χ0) is 16.5. The number of hydrogen-bond acceptors (Lipinski definition) is 3. The lowest BCUT2D eigenvalue weighted by Crippen LogP contribution is -2.16. The molecule has 0 radical (unpaired) electrons. The van der Waals surface area contributed by atoms with E-state index in [2.05, 4.69) is 21.2 Å². The van der Waals surface area contributed by atoms with Crippen LogP contribution in [0.1, 0.15) is 15.9 Å². The first-order valence-corrected chi connectivity index (χ1v) is 8.80. The van der Waals surface area contributed by atoms with Gasteiger partial charge in [0.05, 0.1) is 5.02 Å². The molecule has 0 aliphatic heterocycles. The number of benzene rings is 2. The van der Waals surface area contributed by atoms with Gasteiger partial charge in [-0.25, -0.2) is 13.6 Å². The van der Waals surface area contributed by atoms with Crippen molar-refractivity contribution >= 4 is 49.1 Å². The summed E-state index contributed by atoms with van der Waals surface area (Å²) in [7, 11) is -3.99. The molecule has 2 rings (SSSR count). The van der Waals surface area contributed by atoms with E-state index in [9.17, 15) is 13.2 Å². The number of halogens is 2. The number of carbonyl (C=O) groups excluding carboxylic acids is 1. The minimum absolute atomic E-state index is 0.0288. The zero-order valence-corrected chi connectivity index (χ0v) is 14.6. The molecule has 0 heterocycles. The Morgan fingerprint density at radius 3 is 2.50 bits per heavy atom. The Labute approximate surface area is 141 Å². The van der Waals surface area contributed by atoms with E-state index in [1.54, 1.807) is 12.1 Å². The Morgan fingerprint density at radius 2 is 1.91 bits per heavy atom. The van der Waals surface area contributed by atoms with Crippen molar-refractivity contribution in [1.29, 1.82) is 0 Å².